The third-order valence-corrected chi connectivity index (χ3v) is 5.84. The molecule has 1 saturated heterocycles. The van der Waals surface area contributed by atoms with Crippen LogP contribution < -0.4 is 0 Å². The molecule has 0 saturated carbocycles. The van der Waals surface area contributed by atoms with Gasteiger partial charge in [0.2, 0.25) is 5.91 Å². The lowest BCUT2D eigenvalue weighted by molar-refractivity contribution is -0.134. The summed E-state index contributed by atoms with van der Waals surface area (Å²) in [6.45, 7) is 6.77. The van der Waals surface area contributed by atoms with E-state index in [0.717, 1.165) is 59.6 Å². The highest BCUT2D eigenvalue weighted by Gasteiger charge is 2.33. The zero-order valence-electron chi connectivity index (χ0n) is 17.6. The van der Waals surface area contributed by atoms with Crippen molar-refractivity contribution >= 4 is 5.91 Å². The number of piperidine rings is 1. The maximum Gasteiger partial charge on any atom is 0.227 e. The Morgan fingerprint density at radius 3 is 2.79 bits per heavy atom. The SMILES string of the molecule is Cc1cccc(CC(=O)N2CCCC[C@@H]2c2nn(C)cc2-c2onc(C)c2C)c1. The standard InChI is InChI=1S/C23H28N4O2/c1-15-8-7-9-18(12-15)13-21(28)27-11-6-5-10-20(27)22-19(14-26(4)24-22)23-16(2)17(3)25-29-23/h7-9,12,14,20H,5-6,10-11,13H2,1-4H3/t20-/m1/s1. The highest BCUT2D eigenvalue weighted by molar-refractivity contribution is 5.80. The highest BCUT2D eigenvalue weighted by Crippen LogP contribution is 2.37. The third-order valence-electron chi connectivity index (χ3n) is 5.84. The highest BCUT2D eigenvalue weighted by atomic mass is 16.5. The molecule has 29 heavy (non-hydrogen) atoms. The Labute approximate surface area is 171 Å². The summed E-state index contributed by atoms with van der Waals surface area (Å²) in [6, 6.07) is 8.14. The summed E-state index contributed by atoms with van der Waals surface area (Å²) in [4.78, 5) is 15.3. The van der Waals surface area contributed by atoms with Crippen LogP contribution in [0.25, 0.3) is 11.3 Å². The van der Waals surface area contributed by atoms with Gasteiger partial charge >= 0.3 is 0 Å². The van der Waals surface area contributed by atoms with Crippen molar-refractivity contribution < 1.29 is 9.32 Å². The summed E-state index contributed by atoms with van der Waals surface area (Å²) in [7, 11) is 1.91. The van der Waals surface area contributed by atoms with Gasteiger partial charge in [-0.2, -0.15) is 5.10 Å². The summed E-state index contributed by atoms with van der Waals surface area (Å²) in [6.07, 6.45) is 5.42. The van der Waals surface area contributed by atoms with Crippen molar-refractivity contribution in [2.24, 2.45) is 7.05 Å². The van der Waals surface area contributed by atoms with Crippen LogP contribution in [0.1, 0.15) is 53.4 Å². The van der Waals surface area contributed by atoms with E-state index in [1.54, 1.807) is 4.68 Å². The number of rotatable bonds is 4. The van der Waals surface area contributed by atoms with Crippen LogP contribution >= 0.6 is 0 Å². The zero-order chi connectivity index (χ0) is 20.5. The maximum atomic E-state index is 13.2. The van der Waals surface area contributed by atoms with Crippen molar-refractivity contribution in [2.75, 3.05) is 6.54 Å². The van der Waals surface area contributed by atoms with E-state index in [-0.39, 0.29) is 11.9 Å². The molecule has 152 valence electrons. The van der Waals surface area contributed by atoms with Gasteiger partial charge in [0.05, 0.1) is 29.4 Å². The van der Waals surface area contributed by atoms with E-state index in [0.29, 0.717) is 6.42 Å². The van der Waals surface area contributed by atoms with Gasteiger partial charge in [-0.1, -0.05) is 35.0 Å². The molecule has 1 atom stereocenters. The Hall–Kier alpha value is -2.89. The van der Waals surface area contributed by atoms with Crippen LogP contribution in [-0.2, 0) is 18.3 Å². The van der Waals surface area contributed by atoms with Crippen LogP contribution in [0.15, 0.2) is 35.0 Å². The average molecular weight is 393 g/mol. The molecular formula is C23H28N4O2. The lowest BCUT2D eigenvalue weighted by atomic mass is 9.94. The minimum Gasteiger partial charge on any atom is -0.356 e. The summed E-state index contributed by atoms with van der Waals surface area (Å²) in [5.74, 6) is 0.907. The molecular weight excluding hydrogens is 364 g/mol. The Balaban J connectivity index is 1.66. The van der Waals surface area contributed by atoms with Crippen LogP contribution in [0.2, 0.25) is 0 Å². The number of likely N-dealkylation sites (tertiary alicyclic amines) is 1. The van der Waals surface area contributed by atoms with Gasteiger partial charge in [-0.05, 0) is 45.6 Å². The molecule has 0 N–H and O–H groups in total. The predicted molar refractivity (Wildman–Crippen MR) is 111 cm³/mol. The molecule has 3 aromatic rings. The minimum atomic E-state index is -0.0398. The first-order valence-electron chi connectivity index (χ1n) is 10.3. The maximum absolute atomic E-state index is 13.2. The summed E-state index contributed by atoms with van der Waals surface area (Å²) in [5, 5.41) is 8.86. The number of aromatic nitrogens is 3. The van der Waals surface area contributed by atoms with Crippen LogP contribution in [0, 0.1) is 20.8 Å². The van der Waals surface area contributed by atoms with Gasteiger partial charge in [0.15, 0.2) is 5.76 Å². The Kier molecular flexibility index (Phi) is 5.26. The van der Waals surface area contributed by atoms with E-state index in [1.807, 2.05) is 44.1 Å². The zero-order valence-corrected chi connectivity index (χ0v) is 17.6. The number of nitrogens with zero attached hydrogens (tertiary/aromatic N) is 4. The quantitative estimate of drug-likeness (QED) is 0.664. The van der Waals surface area contributed by atoms with Gasteiger partial charge < -0.3 is 9.42 Å². The van der Waals surface area contributed by atoms with Gasteiger partial charge in [-0.25, -0.2) is 0 Å². The second-order valence-corrected chi connectivity index (χ2v) is 8.09. The molecule has 0 aliphatic carbocycles. The second kappa shape index (κ2) is 7.85. The Morgan fingerprint density at radius 1 is 1.24 bits per heavy atom. The van der Waals surface area contributed by atoms with E-state index in [4.69, 9.17) is 9.62 Å². The molecule has 1 aromatic carbocycles. The first kappa shape index (κ1) is 19.4. The fraction of sp³-hybridized carbons (Fsp3) is 0.435. The number of hydrogen-bond donors (Lipinski definition) is 0. The Bertz CT molecular complexity index is 1030. The van der Waals surface area contributed by atoms with E-state index in [2.05, 4.69) is 24.2 Å². The van der Waals surface area contributed by atoms with Gasteiger partial charge in [0.25, 0.3) is 0 Å². The molecule has 3 heterocycles. The van der Waals surface area contributed by atoms with Crippen molar-refractivity contribution in [1.29, 1.82) is 0 Å². The van der Waals surface area contributed by atoms with Crippen LogP contribution in [0.4, 0.5) is 0 Å². The number of aryl methyl sites for hydroxylation is 3. The normalized spacial score (nSPS) is 17.0. The lowest BCUT2D eigenvalue weighted by Crippen LogP contribution is -2.39. The number of carbonyl (C=O) groups excluding carboxylic acids is 1. The van der Waals surface area contributed by atoms with Crippen LogP contribution in [0.3, 0.4) is 0 Å². The third kappa shape index (κ3) is 3.84. The van der Waals surface area contributed by atoms with E-state index >= 15 is 0 Å². The molecule has 4 rings (SSSR count). The number of carbonyl (C=O) groups is 1. The van der Waals surface area contributed by atoms with Gasteiger partial charge in [0.1, 0.15) is 0 Å². The topological polar surface area (TPSA) is 64.2 Å². The number of benzene rings is 1. The fourth-order valence-electron chi connectivity index (χ4n) is 4.21. The van der Waals surface area contributed by atoms with Crippen molar-refractivity contribution in [3.8, 4) is 11.3 Å². The molecule has 1 fully saturated rings. The summed E-state index contributed by atoms with van der Waals surface area (Å²) >= 11 is 0. The molecule has 6 nitrogen and oxygen atoms in total. The molecule has 0 unspecified atom stereocenters. The van der Waals surface area contributed by atoms with E-state index in [1.165, 1.54) is 5.56 Å². The first-order valence-corrected chi connectivity index (χ1v) is 10.3. The molecule has 0 spiro atoms. The molecule has 1 aliphatic heterocycles. The predicted octanol–water partition coefficient (Wildman–Crippen LogP) is 4.30. The smallest absolute Gasteiger partial charge is 0.227 e. The van der Waals surface area contributed by atoms with Gasteiger partial charge in [0, 0.05) is 25.4 Å². The number of amides is 1. The Morgan fingerprint density at radius 2 is 2.07 bits per heavy atom. The number of hydrogen-bond acceptors (Lipinski definition) is 4. The minimum absolute atomic E-state index is 0.0398. The fourth-order valence-corrected chi connectivity index (χ4v) is 4.21. The summed E-state index contributed by atoms with van der Waals surface area (Å²) < 4.78 is 7.43. The monoisotopic (exact) mass is 392 g/mol. The molecule has 1 aliphatic rings. The molecule has 0 bridgehead atoms. The van der Waals surface area contributed by atoms with Gasteiger partial charge in [-0.15, -0.1) is 0 Å². The largest absolute Gasteiger partial charge is 0.356 e. The first-order chi connectivity index (χ1) is 13.9. The van der Waals surface area contributed by atoms with Crippen LogP contribution in [-0.4, -0.2) is 32.3 Å². The van der Waals surface area contributed by atoms with E-state index in [9.17, 15) is 4.79 Å². The second-order valence-electron chi connectivity index (χ2n) is 8.09. The summed E-state index contributed by atoms with van der Waals surface area (Å²) in [5.41, 5.74) is 5.98. The molecule has 6 heteroatoms. The van der Waals surface area contributed by atoms with Crippen molar-refractivity contribution in [3.05, 3.63) is 58.5 Å². The van der Waals surface area contributed by atoms with Crippen molar-refractivity contribution in [2.45, 2.75) is 52.5 Å². The molecule has 1 amide bonds. The molecule has 0 radical (unpaired) electrons. The lowest BCUT2D eigenvalue weighted by Gasteiger charge is -2.35. The van der Waals surface area contributed by atoms with E-state index < -0.39 is 0 Å². The van der Waals surface area contributed by atoms with Crippen molar-refractivity contribution in [3.63, 3.8) is 0 Å². The van der Waals surface area contributed by atoms with Gasteiger partial charge in [-0.3, -0.25) is 9.48 Å². The average Bonchev–Trinajstić information content (AvgIpc) is 3.24. The molecule has 2 aromatic heterocycles. The van der Waals surface area contributed by atoms with Crippen LogP contribution in [0.5, 0.6) is 0 Å². The van der Waals surface area contributed by atoms with Crippen molar-refractivity contribution in [1.82, 2.24) is 19.8 Å².